The summed E-state index contributed by atoms with van der Waals surface area (Å²) in [6.07, 6.45) is 1.77. The number of benzene rings is 1. The molecule has 1 unspecified atom stereocenters. The van der Waals surface area contributed by atoms with Gasteiger partial charge in [0.1, 0.15) is 11.6 Å². The molecule has 1 aliphatic heterocycles. The van der Waals surface area contributed by atoms with Gasteiger partial charge in [0, 0.05) is 24.6 Å². The predicted octanol–water partition coefficient (Wildman–Crippen LogP) is 3.41. The first kappa shape index (κ1) is 19.8. The highest BCUT2D eigenvalue weighted by Gasteiger charge is 2.37. The standard InChI is InChI=1S/C21H21FN6O2S/c1-11-16-17(25-19(29)13-3-4-13)24-18(20-23-12(2)26-31-20)28(16)10-9-27(11)21(30)14-5-7-15(22)8-6-14/h5-8,11,13H,3-4,9-10H2,1-2H3,(H,25,29). The minimum Gasteiger partial charge on any atom is -0.328 e. The predicted molar refractivity (Wildman–Crippen MR) is 113 cm³/mol. The average Bonchev–Trinajstić information content (AvgIpc) is 3.42. The number of hydrogen-bond acceptors (Lipinski definition) is 6. The Morgan fingerprint density at radius 2 is 1.90 bits per heavy atom. The highest BCUT2D eigenvalue weighted by Crippen LogP contribution is 2.38. The van der Waals surface area contributed by atoms with Crippen LogP contribution in [0.2, 0.25) is 0 Å². The molecule has 8 nitrogen and oxygen atoms in total. The molecule has 0 bridgehead atoms. The van der Waals surface area contributed by atoms with Crippen LogP contribution in [0.25, 0.3) is 10.8 Å². The maximum atomic E-state index is 13.3. The van der Waals surface area contributed by atoms with E-state index in [0.29, 0.717) is 41.1 Å². The Morgan fingerprint density at radius 1 is 1.16 bits per heavy atom. The van der Waals surface area contributed by atoms with E-state index in [-0.39, 0.29) is 29.6 Å². The molecule has 0 radical (unpaired) electrons. The lowest BCUT2D eigenvalue weighted by atomic mass is 10.1. The van der Waals surface area contributed by atoms with E-state index in [9.17, 15) is 14.0 Å². The van der Waals surface area contributed by atoms with Crippen LogP contribution < -0.4 is 5.32 Å². The molecule has 2 aromatic heterocycles. The number of aromatic nitrogens is 4. The molecule has 1 atom stereocenters. The molecule has 31 heavy (non-hydrogen) atoms. The Balaban J connectivity index is 1.53. The minimum absolute atomic E-state index is 0.0282. The number of imidazole rings is 1. The molecule has 10 heteroatoms. The molecule has 5 rings (SSSR count). The van der Waals surface area contributed by atoms with Crippen LogP contribution in [0.5, 0.6) is 0 Å². The Morgan fingerprint density at radius 3 is 2.55 bits per heavy atom. The lowest BCUT2D eigenvalue weighted by Gasteiger charge is -2.35. The fourth-order valence-corrected chi connectivity index (χ4v) is 4.58. The smallest absolute Gasteiger partial charge is 0.254 e. The van der Waals surface area contributed by atoms with Crippen LogP contribution in [0, 0.1) is 18.7 Å². The van der Waals surface area contributed by atoms with Crippen molar-refractivity contribution < 1.29 is 14.0 Å². The zero-order valence-electron chi connectivity index (χ0n) is 17.1. The van der Waals surface area contributed by atoms with E-state index in [1.807, 2.05) is 18.4 Å². The largest absolute Gasteiger partial charge is 0.328 e. The van der Waals surface area contributed by atoms with Crippen LogP contribution in [0.1, 0.15) is 47.7 Å². The number of aryl methyl sites for hydroxylation is 1. The summed E-state index contributed by atoms with van der Waals surface area (Å²) < 4.78 is 19.6. The van der Waals surface area contributed by atoms with Gasteiger partial charge in [-0.2, -0.15) is 4.37 Å². The highest BCUT2D eigenvalue weighted by atomic mass is 32.1. The van der Waals surface area contributed by atoms with E-state index in [2.05, 4.69) is 14.7 Å². The summed E-state index contributed by atoms with van der Waals surface area (Å²) in [6.45, 7) is 4.70. The van der Waals surface area contributed by atoms with Gasteiger partial charge in [-0.05, 0) is 62.5 Å². The zero-order chi connectivity index (χ0) is 21.7. The quantitative estimate of drug-likeness (QED) is 0.671. The van der Waals surface area contributed by atoms with Crippen LogP contribution in [0.4, 0.5) is 10.2 Å². The normalized spacial score (nSPS) is 18.0. The first-order chi connectivity index (χ1) is 14.9. The van der Waals surface area contributed by atoms with E-state index in [4.69, 9.17) is 4.98 Å². The molecule has 1 fully saturated rings. The Bertz CT molecular complexity index is 1170. The number of carbonyl (C=O) groups excluding carboxylic acids is 2. The number of anilines is 1. The molecule has 3 aromatic rings. The molecule has 0 saturated heterocycles. The monoisotopic (exact) mass is 440 g/mol. The Hall–Kier alpha value is -3.14. The maximum Gasteiger partial charge on any atom is 0.254 e. The maximum absolute atomic E-state index is 13.3. The number of fused-ring (bicyclic) bond motifs is 1. The number of nitrogens with zero attached hydrogens (tertiary/aromatic N) is 5. The van der Waals surface area contributed by atoms with Gasteiger partial charge in [0.25, 0.3) is 5.91 Å². The Kier molecular flexibility index (Phi) is 4.81. The summed E-state index contributed by atoms with van der Waals surface area (Å²) in [7, 11) is 0. The van der Waals surface area contributed by atoms with Crippen molar-refractivity contribution >= 4 is 29.2 Å². The van der Waals surface area contributed by atoms with Crippen molar-refractivity contribution in [2.75, 3.05) is 11.9 Å². The van der Waals surface area contributed by atoms with Crippen molar-refractivity contribution in [2.45, 2.75) is 39.3 Å². The molecular formula is C21H21FN6O2S. The molecule has 1 aromatic carbocycles. The van der Waals surface area contributed by atoms with Gasteiger partial charge in [0.2, 0.25) is 5.91 Å². The minimum atomic E-state index is -0.386. The fourth-order valence-electron chi connectivity index (χ4n) is 3.91. The average molecular weight is 441 g/mol. The SMILES string of the molecule is Cc1nsc(-c2nc(NC(=O)C3CC3)c3n2CCN(C(=O)c2ccc(F)cc2)C3C)n1. The number of carbonyl (C=O) groups is 2. The zero-order valence-corrected chi connectivity index (χ0v) is 17.9. The third-order valence-corrected chi connectivity index (χ3v) is 6.50. The van der Waals surface area contributed by atoms with Gasteiger partial charge in [0.05, 0.1) is 11.7 Å². The van der Waals surface area contributed by atoms with Gasteiger partial charge in [-0.1, -0.05) is 0 Å². The number of rotatable bonds is 4. The molecule has 1 aliphatic carbocycles. The molecule has 2 aliphatic rings. The third-order valence-electron chi connectivity index (χ3n) is 5.70. The van der Waals surface area contributed by atoms with Gasteiger partial charge in [-0.25, -0.2) is 14.4 Å². The molecule has 160 valence electrons. The van der Waals surface area contributed by atoms with Gasteiger partial charge in [-0.3, -0.25) is 9.59 Å². The van der Waals surface area contributed by atoms with Gasteiger partial charge < -0.3 is 14.8 Å². The summed E-state index contributed by atoms with van der Waals surface area (Å²) in [4.78, 5) is 36.5. The van der Waals surface area contributed by atoms with Gasteiger partial charge >= 0.3 is 0 Å². The van der Waals surface area contributed by atoms with E-state index in [0.717, 1.165) is 18.5 Å². The van der Waals surface area contributed by atoms with E-state index in [1.165, 1.54) is 35.8 Å². The van der Waals surface area contributed by atoms with Crippen LogP contribution in [0.3, 0.4) is 0 Å². The molecule has 1 N–H and O–H groups in total. The summed E-state index contributed by atoms with van der Waals surface area (Å²) >= 11 is 1.26. The van der Waals surface area contributed by atoms with Crippen molar-refractivity contribution in [3.05, 3.63) is 47.2 Å². The molecule has 1 saturated carbocycles. The van der Waals surface area contributed by atoms with Gasteiger partial charge in [0.15, 0.2) is 16.6 Å². The second kappa shape index (κ2) is 7.52. The second-order valence-corrected chi connectivity index (χ2v) is 8.66. The van der Waals surface area contributed by atoms with Crippen molar-refractivity contribution in [1.29, 1.82) is 0 Å². The van der Waals surface area contributed by atoms with Crippen molar-refractivity contribution in [3.8, 4) is 10.8 Å². The van der Waals surface area contributed by atoms with Crippen molar-refractivity contribution in [1.82, 2.24) is 23.8 Å². The van der Waals surface area contributed by atoms with Crippen LogP contribution in [0.15, 0.2) is 24.3 Å². The van der Waals surface area contributed by atoms with Gasteiger partial charge in [-0.15, -0.1) is 0 Å². The molecule has 2 amide bonds. The number of halogens is 1. The van der Waals surface area contributed by atoms with E-state index in [1.54, 1.807) is 4.90 Å². The van der Waals surface area contributed by atoms with Crippen molar-refractivity contribution in [2.24, 2.45) is 5.92 Å². The third kappa shape index (κ3) is 3.60. The van der Waals surface area contributed by atoms with Crippen LogP contribution >= 0.6 is 11.5 Å². The lowest BCUT2D eigenvalue weighted by Crippen LogP contribution is -2.41. The first-order valence-electron chi connectivity index (χ1n) is 10.2. The van der Waals surface area contributed by atoms with E-state index >= 15 is 0 Å². The number of hydrogen-bond donors (Lipinski definition) is 1. The van der Waals surface area contributed by atoms with Crippen molar-refractivity contribution in [3.63, 3.8) is 0 Å². The summed E-state index contributed by atoms with van der Waals surface area (Å²) in [5, 5.41) is 3.64. The molecular weight excluding hydrogens is 419 g/mol. The number of amides is 2. The fraction of sp³-hybridized carbons (Fsp3) is 0.381. The number of nitrogens with one attached hydrogen (secondary N) is 1. The first-order valence-corrected chi connectivity index (χ1v) is 11.0. The van der Waals surface area contributed by atoms with Crippen LogP contribution in [-0.2, 0) is 11.3 Å². The van der Waals surface area contributed by atoms with Crippen LogP contribution in [-0.4, -0.2) is 42.2 Å². The molecule has 3 heterocycles. The topological polar surface area (TPSA) is 93.0 Å². The summed E-state index contributed by atoms with van der Waals surface area (Å²) in [6, 6.07) is 5.20. The van der Waals surface area contributed by atoms with E-state index < -0.39 is 0 Å². The lowest BCUT2D eigenvalue weighted by molar-refractivity contribution is -0.117. The Labute approximate surface area is 182 Å². The summed E-state index contributed by atoms with van der Waals surface area (Å²) in [5.41, 5.74) is 1.18. The second-order valence-electron chi connectivity index (χ2n) is 7.91. The molecule has 0 spiro atoms. The highest BCUT2D eigenvalue weighted by molar-refractivity contribution is 7.09. The summed E-state index contributed by atoms with van der Waals surface area (Å²) in [5.74, 6) is 1.18.